The number of fused-ring (bicyclic) bond motifs is 1. The normalized spacial score (nSPS) is 24.9. The standard InChI is InChI=1S/C20H24N4O2/c1-11-5-4-6-16(21-11)22-18-12(2)20(14-7-8-14)24(13(3)25)15-9-10-17(26)23-19(15)18/h4-6,9-10,12,14,18,20H,7-8H2,1-3H3,(H,21,22)(H,23,26)/t12-,18?,20-/m1/s1. The van der Waals surface area contributed by atoms with Crippen LogP contribution in [0.3, 0.4) is 0 Å². The second-order valence-electron chi connectivity index (χ2n) is 7.48. The summed E-state index contributed by atoms with van der Waals surface area (Å²) in [7, 11) is 0. The van der Waals surface area contributed by atoms with E-state index in [1.165, 1.54) is 6.07 Å². The second kappa shape index (κ2) is 6.27. The Morgan fingerprint density at radius 3 is 2.69 bits per heavy atom. The fourth-order valence-electron chi connectivity index (χ4n) is 4.23. The molecule has 0 bridgehead atoms. The minimum Gasteiger partial charge on any atom is -0.361 e. The second-order valence-corrected chi connectivity index (χ2v) is 7.48. The van der Waals surface area contributed by atoms with E-state index in [4.69, 9.17) is 0 Å². The number of anilines is 2. The molecule has 0 spiro atoms. The first kappa shape index (κ1) is 16.8. The average Bonchev–Trinajstić information content (AvgIpc) is 3.41. The summed E-state index contributed by atoms with van der Waals surface area (Å²) < 4.78 is 0. The fourth-order valence-corrected chi connectivity index (χ4v) is 4.23. The van der Waals surface area contributed by atoms with E-state index in [2.05, 4.69) is 22.2 Å². The van der Waals surface area contributed by atoms with E-state index >= 15 is 0 Å². The molecule has 1 saturated carbocycles. The Kier molecular flexibility index (Phi) is 4.05. The topological polar surface area (TPSA) is 78.1 Å². The van der Waals surface area contributed by atoms with Crippen molar-refractivity contribution in [1.82, 2.24) is 9.97 Å². The summed E-state index contributed by atoms with van der Waals surface area (Å²) in [5, 5.41) is 3.51. The molecule has 136 valence electrons. The van der Waals surface area contributed by atoms with Crippen LogP contribution in [-0.2, 0) is 4.79 Å². The number of aromatic nitrogens is 2. The maximum absolute atomic E-state index is 12.4. The van der Waals surface area contributed by atoms with Crippen LogP contribution in [0, 0.1) is 18.8 Å². The number of nitrogens with zero attached hydrogens (tertiary/aromatic N) is 2. The molecule has 4 rings (SSSR count). The Hall–Kier alpha value is -2.63. The highest BCUT2D eigenvalue weighted by atomic mass is 16.2. The Bertz CT molecular complexity index is 903. The van der Waals surface area contributed by atoms with Crippen LogP contribution >= 0.6 is 0 Å². The summed E-state index contributed by atoms with van der Waals surface area (Å²) in [5.41, 5.74) is 2.34. The van der Waals surface area contributed by atoms with Gasteiger partial charge in [-0.25, -0.2) is 4.98 Å². The van der Waals surface area contributed by atoms with Gasteiger partial charge in [-0.2, -0.15) is 0 Å². The van der Waals surface area contributed by atoms with E-state index in [9.17, 15) is 9.59 Å². The van der Waals surface area contributed by atoms with E-state index < -0.39 is 0 Å². The number of pyridine rings is 2. The van der Waals surface area contributed by atoms with E-state index in [1.54, 1.807) is 13.0 Å². The molecule has 1 aliphatic heterocycles. The van der Waals surface area contributed by atoms with Crippen molar-refractivity contribution in [2.24, 2.45) is 11.8 Å². The Labute approximate surface area is 152 Å². The molecule has 3 heterocycles. The molecular weight excluding hydrogens is 328 g/mol. The molecule has 0 aromatic carbocycles. The zero-order valence-corrected chi connectivity index (χ0v) is 15.3. The monoisotopic (exact) mass is 352 g/mol. The first-order valence-electron chi connectivity index (χ1n) is 9.19. The smallest absolute Gasteiger partial charge is 0.248 e. The number of hydrogen-bond donors (Lipinski definition) is 2. The third-order valence-electron chi connectivity index (χ3n) is 5.50. The SMILES string of the molecule is CC(=O)N1c2ccc(=O)[nH]c2C(Nc2cccc(C)n2)[C@@H](C)[C@@H]1C1CC1. The predicted octanol–water partition coefficient (Wildman–Crippen LogP) is 3.01. The molecule has 1 aliphatic carbocycles. The number of nitrogens with one attached hydrogen (secondary N) is 2. The molecule has 6 nitrogen and oxygen atoms in total. The van der Waals surface area contributed by atoms with Crippen molar-refractivity contribution < 1.29 is 4.79 Å². The molecule has 2 aliphatic rings. The fraction of sp³-hybridized carbons (Fsp3) is 0.450. The maximum Gasteiger partial charge on any atom is 0.248 e. The van der Waals surface area contributed by atoms with Crippen LogP contribution in [0.5, 0.6) is 0 Å². The summed E-state index contributed by atoms with van der Waals surface area (Å²) in [6, 6.07) is 9.15. The number of hydrogen-bond acceptors (Lipinski definition) is 4. The summed E-state index contributed by atoms with van der Waals surface area (Å²) in [4.78, 5) is 33.9. The number of H-pyrrole nitrogens is 1. The number of carbonyl (C=O) groups is 1. The average molecular weight is 352 g/mol. The summed E-state index contributed by atoms with van der Waals surface area (Å²) >= 11 is 0. The molecule has 1 amide bonds. The molecule has 0 saturated heterocycles. The van der Waals surface area contributed by atoms with Crippen molar-refractivity contribution in [1.29, 1.82) is 0 Å². The van der Waals surface area contributed by atoms with Crippen molar-refractivity contribution in [3.05, 3.63) is 52.1 Å². The van der Waals surface area contributed by atoms with Crippen molar-refractivity contribution in [2.75, 3.05) is 10.2 Å². The van der Waals surface area contributed by atoms with E-state index in [0.29, 0.717) is 5.92 Å². The molecule has 2 N–H and O–H groups in total. The van der Waals surface area contributed by atoms with Crippen LogP contribution in [0.4, 0.5) is 11.5 Å². The Balaban J connectivity index is 1.81. The maximum atomic E-state index is 12.4. The van der Waals surface area contributed by atoms with Gasteiger partial charge in [0.15, 0.2) is 0 Å². The minimum atomic E-state index is -0.159. The molecule has 0 radical (unpaired) electrons. The summed E-state index contributed by atoms with van der Waals surface area (Å²) in [5.74, 6) is 1.47. The first-order valence-corrected chi connectivity index (χ1v) is 9.19. The third-order valence-corrected chi connectivity index (χ3v) is 5.50. The largest absolute Gasteiger partial charge is 0.361 e. The van der Waals surface area contributed by atoms with Crippen LogP contribution in [0.15, 0.2) is 35.1 Å². The van der Waals surface area contributed by atoms with Crippen molar-refractivity contribution in [2.45, 2.75) is 45.7 Å². The zero-order valence-electron chi connectivity index (χ0n) is 15.3. The third kappa shape index (κ3) is 2.89. The lowest BCUT2D eigenvalue weighted by atomic mass is 9.82. The summed E-state index contributed by atoms with van der Waals surface area (Å²) in [6.45, 7) is 5.71. The molecule has 3 atom stereocenters. The zero-order chi connectivity index (χ0) is 18.4. The van der Waals surface area contributed by atoms with Gasteiger partial charge in [0.05, 0.1) is 17.4 Å². The van der Waals surface area contributed by atoms with Crippen molar-refractivity contribution >= 4 is 17.4 Å². The van der Waals surface area contributed by atoms with Gasteiger partial charge in [0.25, 0.3) is 0 Å². The molecule has 2 aromatic heterocycles. The van der Waals surface area contributed by atoms with Gasteiger partial charge in [-0.1, -0.05) is 13.0 Å². The number of carbonyl (C=O) groups excluding carboxylic acids is 1. The number of amides is 1. The van der Waals surface area contributed by atoms with Gasteiger partial charge < -0.3 is 15.2 Å². The quantitative estimate of drug-likeness (QED) is 0.890. The number of aryl methyl sites for hydroxylation is 1. The Morgan fingerprint density at radius 2 is 2.04 bits per heavy atom. The predicted molar refractivity (Wildman–Crippen MR) is 101 cm³/mol. The highest BCUT2D eigenvalue weighted by Gasteiger charge is 2.48. The van der Waals surface area contributed by atoms with Crippen LogP contribution in [0.25, 0.3) is 0 Å². The first-order chi connectivity index (χ1) is 12.5. The van der Waals surface area contributed by atoms with Gasteiger partial charge >= 0.3 is 0 Å². The molecule has 1 unspecified atom stereocenters. The molecule has 1 fully saturated rings. The molecular formula is C20H24N4O2. The van der Waals surface area contributed by atoms with E-state index in [1.807, 2.05) is 30.0 Å². The summed E-state index contributed by atoms with van der Waals surface area (Å²) in [6.07, 6.45) is 2.29. The van der Waals surface area contributed by atoms with Gasteiger partial charge in [0.1, 0.15) is 5.82 Å². The highest BCUT2D eigenvalue weighted by Crippen LogP contribution is 2.48. The van der Waals surface area contributed by atoms with Crippen LogP contribution in [0.2, 0.25) is 0 Å². The van der Waals surface area contributed by atoms with Gasteiger partial charge in [-0.3, -0.25) is 9.59 Å². The van der Waals surface area contributed by atoms with Crippen molar-refractivity contribution in [3.63, 3.8) is 0 Å². The van der Waals surface area contributed by atoms with Gasteiger partial charge in [0, 0.05) is 30.6 Å². The van der Waals surface area contributed by atoms with E-state index in [-0.39, 0.29) is 29.5 Å². The van der Waals surface area contributed by atoms with Crippen LogP contribution in [0.1, 0.15) is 44.1 Å². The van der Waals surface area contributed by atoms with E-state index in [0.717, 1.165) is 35.7 Å². The minimum absolute atomic E-state index is 0.0224. The molecule has 6 heteroatoms. The van der Waals surface area contributed by atoms with Crippen molar-refractivity contribution in [3.8, 4) is 0 Å². The van der Waals surface area contributed by atoms with Crippen LogP contribution < -0.4 is 15.8 Å². The van der Waals surface area contributed by atoms with Crippen LogP contribution in [-0.4, -0.2) is 21.9 Å². The van der Waals surface area contributed by atoms with Gasteiger partial charge in [-0.05, 0) is 43.9 Å². The number of aromatic amines is 1. The number of rotatable bonds is 3. The lowest BCUT2D eigenvalue weighted by Crippen LogP contribution is -2.52. The Morgan fingerprint density at radius 1 is 1.27 bits per heavy atom. The lowest BCUT2D eigenvalue weighted by molar-refractivity contribution is -0.117. The lowest BCUT2D eigenvalue weighted by Gasteiger charge is -2.45. The molecule has 2 aromatic rings. The van der Waals surface area contributed by atoms with Gasteiger partial charge in [-0.15, -0.1) is 0 Å². The highest BCUT2D eigenvalue weighted by molar-refractivity contribution is 5.93. The van der Waals surface area contributed by atoms with Gasteiger partial charge in [0.2, 0.25) is 11.5 Å². The molecule has 26 heavy (non-hydrogen) atoms.